The van der Waals surface area contributed by atoms with Crippen molar-refractivity contribution < 1.29 is 9.47 Å². The van der Waals surface area contributed by atoms with E-state index in [1.807, 2.05) is 30.3 Å². The molecule has 2 rings (SSSR count). The first-order valence-electron chi connectivity index (χ1n) is 6.58. The molecule has 0 aliphatic rings. The highest BCUT2D eigenvalue weighted by atomic mass is 79.9. The van der Waals surface area contributed by atoms with Gasteiger partial charge in [0.2, 0.25) is 0 Å². The van der Waals surface area contributed by atoms with E-state index in [1.54, 1.807) is 7.11 Å². The highest BCUT2D eigenvalue weighted by Gasteiger charge is 2.00. The van der Waals surface area contributed by atoms with Gasteiger partial charge in [-0.1, -0.05) is 12.1 Å². The quantitative estimate of drug-likeness (QED) is 0.657. The summed E-state index contributed by atoms with van der Waals surface area (Å²) in [5.41, 5.74) is 2.24. The fourth-order valence-corrected chi connectivity index (χ4v) is 2.47. The molecular formula is C16H17Br2NO2. The predicted molar refractivity (Wildman–Crippen MR) is 93.0 cm³/mol. The molecular weight excluding hydrogens is 398 g/mol. The molecule has 0 fully saturated rings. The molecule has 0 atom stereocenters. The molecule has 2 aromatic rings. The van der Waals surface area contributed by atoms with Crippen LogP contribution in [0.5, 0.6) is 5.75 Å². The summed E-state index contributed by atoms with van der Waals surface area (Å²) in [5, 5.41) is 3.39. The van der Waals surface area contributed by atoms with Gasteiger partial charge in [0.1, 0.15) is 12.4 Å². The van der Waals surface area contributed by atoms with E-state index in [9.17, 15) is 0 Å². The van der Waals surface area contributed by atoms with Crippen LogP contribution in [0, 0.1) is 0 Å². The van der Waals surface area contributed by atoms with Gasteiger partial charge in [0, 0.05) is 34.4 Å². The lowest BCUT2D eigenvalue weighted by atomic mass is 10.2. The van der Waals surface area contributed by atoms with E-state index in [4.69, 9.17) is 9.47 Å². The van der Waals surface area contributed by atoms with Gasteiger partial charge in [0.25, 0.3) is 0 Å². The van der Waals surface area contributed by atoms with Crippen LogP contribution in [0.3, 0.4) is 0 Å². The van der Waals surface area contributed by atoms with Gasteiger partial charge >= 0.3 is 0 Å². The van der Waals surface area contributed by atoms with Crippen LogP contribution in [0.25, 0.3) is 0 Å². The first-order valence-corrected chi connectivity index (χ1v) is 8.17. The summed E-state index contributed by atoms with van der Waals surface area (Å²) in [6, 6.07) is 14.1. The van der Waals surface area contributed by atoms with Gasteiger partial charge < -0.3 is 14.8 Å². The van der Waals surface area contributed by atoms with Crippen molar-refractivity contribution in [2.75, 3.05) is 25.6 Å². The predicted octanol–water partition coefficient (Wildman–Crippen LogP) is 4.85. The third-order valence-corrected chi connectivity index (χ3v) is 4.75. The number of hydrogen-bond acceptors (Lipinski definition) is 3. The molecule has 0 aliphatic carbocycles. The third-order valence-electron chi connectivity index (χ3n) is 2.87. The van der Waals surface area contributed by atoms with Gasteiger partial charge in [0.05, 0.1) is 6.61 Å². The molecule has 0 aliphatic heterocycles. The number of ether oxygens (including phenoxy) is 2. The summed E-state index contributed by atoms with van der Waals surface area (Å²) in [7, 11) is 1.66. The zero-order valence-corrected chi connectivity index (χ0v) is 14.9. The van der Waals surface area contributed by atoms with Crippen molar-refractivity contribution in [3.05, 3.63) is 57.0 Å². The Labute approximate surface area is 141 Å². The van der Waals surface area contributed by atoms with E-state index in [2.05, 4.69) is 49.3 Å². The van der Waals surface area contributed by atoms with Crippen LogP contribution in [-0.4, -0.2) is 20.3 Å². The Kier molecular flexibility index (Phi) is 6.54. The molecule has 0 aromatic heterocycles. The van der Waals surface area contributed by atoms with Gasteiger partial charge in [-0.3, -0.25) is 0 Å². The van der Waals surface area contributed by atoms with Gasteiger partial charge in [-0.15, -0.1) is 0 Å². The normalized spacial score (nSPS) is 10.4. The van der Waals surface area contributed by atoms with Crippen molar-refractivity contribution in [2.24, 2.45) is 0 Å². The van der Waals surface area contributed by atoms with E-state index in [1.165, 1.54) is 5.56 Å². The van der Waals surface area contributed by atoms with E-state index in [0.29, 0.717) is 13.2 Å². The molecule has 0 saturated heterocycles. The molecule has 0 radical (unpaired) electrons. The maximum absolute atomic E-state index is 5.60. The topological polar surface area (TPSA) is 30.5 Å². The van der Waals surface area contributed by atoms with Crippen molar-refractivity contribution in [1.82, 2.24) is 0 Å². The lowest BCUT2D eigenvalue weighted by Gasteiger charge is -2.10. The average Bonchev–Trinajstić information content (AvgIpc) is 2.49. The molecule has 0 unspecified atom stereocenters. The molecule has 0 saturated carbocycles. The molecule has 5 heteroatoms. The molecule has 112 valence electrons. The monoisotopic (exact) mass is 413 g/mol. The summed E-state index contributed by atoms with van der Waals surface area (Å²) < 4.78 is 12.7. The first-order chi connectivity index (χ1) is 10.2. The number of anilines is 1. The second-order valence-electron chi connectivity index (χ2n) is 4.47. The Morgan fingerprint density at radius 2 is 1.86 bits per heavy atom. The third kappa shape index (κ3) is 5.34. The minimum Gasteiger partial charge on any atom is -0.491 e. The Morgan fingerprint density at radius 3 is 2.62 bits per heavy atom. The Bertz CT molecular complexity index is 590. The molecule has 21 heavy (non-hydrogen) atoms. The van der Waals surface area contributed by atoms with Crippen LogP contribution < -0.4 is 10.1 Å². The van der Waals surface area contributed by atoms with Crippen LogP contribution in [0.15, 0.2) is 51.4 Å². The van der Waals surface area contributed by atoms with Crippen molar-refractivity contribution in [2.45, 2.75) is 6.54 Å². The Hall–Kier alpha value is -1.04. The number of halogens is 2. The summed E-state index contributed by atoms with van der Waals surface area (Å²) in [6.07, 6.45) is 0. The largest absolute Gasteiger partial charge is 0.491 e. The van der Waals surface area contributed by atoms with Crippen LogP contribution in [0.4, 0.5) is 5.69 Å². The van der Waals surface area contributed by atoms with E-state index < -0.39 is 0 Å². The number of nitrogens with one attached hydrogen (secondary N) is 1. The minimum absolute atomic E-state index is 0.555. The average molecular weight is 415 g/mol. The summed E-state index contributed by atoms with van der Waals surface area (Å²) >= 11 is 6.98. The SMILES string of the molecule is COCCOc1cccc(NCc2ccc(Br)c(Br)c2)c1. The molecule has 1 N–H and O–H groups in total. The zero-order valence-electron chi connectivity index (χ0n) is 11.7. The smallest absolute Gasteiger partial charge is 0.121 e. The van der Waals surface area contributed by atoms with E-state index >= 15 is 0 Å². The molecule has 2 aromatic carbocycles. The Balaban J connectivity index is 1.93. The van der Waals surface area contributed by atoms with Crippen LogP contribution in [0.2, 0.25) is 0 Å². The fourth-order valence-electron chi connectivity index (χ4n) is 1.79. The van der Waals surface area contributed by atoms with Crippen molar-refractivity contribution in [1.29, 1.82) is 0 Å². The van der Waals surface area contributed by atoms with Crippen LogP contribution in [-0.2, 0) is 11.3 Å². The zero-order chi connectivity index (χ0) is 15.1. The number of rotatable bonds is 7. The second kappa shape index (κ2) is 8.41. The van der Waals surface area contributed by atoms with E-state index in [-0.39, 0.29) is 0 Å². The number of methoxy groups -OCH3 is 1. The van der Waals surface area contributed by atoms with Crippen molar-refractivity contribution in [3.63, 3.8) is 0 Å². The molecule has 0 bridgehead atoms. The molecule has 0 amide bonds. The van der Waals surface area contributed by atoms with Crippen LogP contribution in [0.1, 0.15) is 5.56 Å². The number of benzene rings is 2. The second-order valence-corrected chi connectivity index (χ2v) is 6.18. The Morgan fingerprint density at radius 1 is 1.00 bits per heavy atom. The summed E-state index contributed by atoms with van der Waals surface area (Å²) in [4.78, 5) is 0. The lowest BCUT2D eigenvalue weighted by Crippen LogP contribution is -2.05. The number of hydrogen-bond donors (Lipinski definition) is 1. The molecule has 0 heterocycles. The fraction of sp³-hybridized carbons (Fsp3) is 0.250. The maximum atomic E-state index is 5.60. The molecule has 0 spiro atoms. The van der Waals surface area contributed by atoms with Gasteiger partial charge in [0.15, 0.2) is 0 Å². The van der Waals surface area contributed by atoms with Gasteiger partial charge in [-0.2, -0.15) is 0 Å². The minimum atomic E-state index is 0.555. The highest BCUT2D eigenvalue weighted by Crippen LogP contribution is 2.24. The highest BCUT2D eigenvalue weighted by molar-refractivity contribution is 9.13. The van der Waals surface area contributed by atoms with Gasteiger partial charge in [-0.25, -0.2) is 0 Å². The first kappa shape index (κ1) is 16.3. The van der Waals surface area contributed by atoms with E-state index in [0.717, 1.165) is 26.9 Å². The van der Waals surface area contributed by atoms with Gasteiger partial charge in [-0.05, 0) is 61.7 Å². The van der Waals surface area contributed by atoms with Crippen LogP contribution >= 0.6 is 31.9 Å². The molecule has 3 nitrogen and oxygen atoms in total. The van der Waals surface area contributed by atoms with Crippen molar-refractivity contribution in [3.8, 4) is 5.75 Å². The maximum Gasteiger partial charge on any atom is 0.121 e. The van der Waals surface area contributed by atoms with Crippen molar-refractivity contribution >= 4 is 37.5 Å². The lowest BCUT2D eigenvalue weighted by molar-refractivity contribution is 0.146. The summed E-state index contributed by atoms with van der Waals surface area (Å²) in [5.74, 6) is 0.842. The summed E-state index contributed by atoms with van der Waals surface area (Å²) in [6.45, 7) is 1.90. The standard InChI is InChI=1S/C16H17Br2NO2/c1-20-7-8-21-14-4-2-3-13(10-14)19-11-12-5-6-15(17)16(18)9-12/h2-6,9-10,19H,7-8,11H2,1H3.